The minimum absolute atomic E-state index is 0.000247. The number of rotatable bonds is 4. The number of fused-ring (bicyclic) bond motifs is 1. The second-order valence-electron chi connectivity index (χ2n) is 6.82. The van der Waals surface area contributed by atoms with Gasteiger partial charge in [-0.25, -0.2) is 0 Å². The molecule has 1 aliphatic heterocycles. The molecule has 4 rings (SSSR count). The molecule has 1 aromatic heterocycles. The van der Waals surface area contributed by atoms with E-state index >= 15 is 0 Å². The summed E-state index contributed by atoms with van der Waals surface area (Å²) in [5.41, 5.74) is 7.28. The third kappa shape index (κ3) is 4.14. The van der Waals surface area contributed by atoms with E-state index in [1.165, 1.54) is 4.80 Å². The Morgan fingerprint density at radius 2 is 1.93 bits per heavy atom. The molecule has 29 heavy (non-hydrogen) atoms. The van der Waals surface area contributed by atoms with Crippen LogP contribution < -0.4 is 10.6 Å². The zero-order chi connectivity index (χ0) is 20.4. The number of benzene rings is 2. The van der Waals surface area contributed by atoms with Crippen molar-refractivity contribution in [3.05, 3.63) is 54.1 Å². The fourth-order valence-corrected chi connectivity index (χ4v) is 4.27. The molecule has 148 valence electrons. The van der Waals surface area contributed by atoms with Crippen LogP contribution in [0.3, 0.4) is 0 Å². The van der Waals surface area contributed by atoms with Crippen LogP contribution in [0.15, 0.2) is 53.4 Å². The summed E-state index contributed by atoms with van der Waals surface area (Å²) in [7, 11) is 0. The van der Waals surface area contributed by atoms with Gasteiger partial charge in [0, 0.05) is 27.8 Å². The molecule has 2 aromatic carbocycles. The van der Waals surface area contributed by atoms with E-state index in [0.29, 0.717) is 28.7 Å². The summed E-state index contributed by atoms with van der Waals surface area (Å²) in [4.78, 5) is 28.4. The Morgan fingerprint density at radius 3 is 2.69 bits per heavy atom. The van der Waals surface area contributed by atoms with E-state index in [1.54, 1.807) is 40.9 Å². The van der Waals surface area contributed by atoms with E-state index in [2.05, 4.69) is 22.3 Å². The number of hydrogen-bond acceptors (Lipinski definition) is 6. The molecular weight excluding hydrogens is 388 g/mol. The standard InChI is InChI=1S/C20H20N6O2S/c1-13-10-11-25(16-4-2-3-5-17(16)29-13)18(27)12-26-23-20(22-24-26)15-8-6-14(7-9-15)19(21)28/h2-9,13H,10-12H2,1H3,(H2,21,28). The minimum Gasteiger partial charge on any atom is -0.366 e. The van der Waals surface area contributed by atoms with Gasteiger partial charge in [0.25, 0.3) is 5.91 Å². The van der Waals surface area contributed by atoms with Gasteiger partial charge in [-0.3, -0.25) is 9.59 Å². The molecule has 1 atom stereocenters. The number of primary amides is 1. The lowest BCUT2D eigenvalue weighted by atomic mass is 10.1. The largest absolute Gasteiger partial charge is 0.366 e. The van der Waals surface area contributed by atoms with Gasteiger partial charge < -0.3 is 10.6 Å². The number of hydrogen-bond donors (Lipinski definition) is 1. The molecule has 0 fully saturated rings. The molecule has 1 unspecified atom stereocenters. The second kappa shape index (κ2) is 8.04. The maximum absolute atomic E-state index is 13.0. The van der Waals surface area contributed by atoms with Gasteiger partial charge in [0.15, 0.2) is 0 Å². The molecule has 0 spiro atoms. The molecule has 0 bridgehead atoms. The highest BCUT2D eigenvalue weighted by Gasteiger charge is 2.24. The minimum atomic E-state index is -0.496. The Hall–Kier alpha value is -3.20. The molecule has 0 saturated heterocycles. The number of anilines is 1. The SMILES string of the molecule is CC1CCN(C(=O)Cn2nnc(-c3ccc(C(N)=O)cc3)n2)c2ccccc2S1. The lowest BCUT2D eigenvalue weighted by Crippen LogP contribution is -2.35. The number of para-hydroxylation sites is 1. The van der Waals surface area contributed by atoms with E-state index in [-0.39, 0.29) is 12.5 Å². The van der Waals surface area contributed by atoms with Gasteiger partial charge in [-0.1, -0.05) is 31.2 Å². The molecule has 8 nitrogen and oxygen atoms in total. The number of carbonyl (C=O) groups excluding carboxylic acids is 2. The number of tetrazole rings is 1. The third-order valence-electron chi connectivity index (χ3n) is 4.70. The molecule has 0 radical (unpaired) electrons. The lowest BCUT2D eigenvalue weighted by molar-refractivity contribution is -0.119. The number of amides is 2. The van der Waals surface area contributed by atoms with Crippen LogP contribution in [0.25, 0.3) is 11.4 Å². The van der Waals surface area contributed by atoms with Crippen LogP contribution in [-0.4, -0.2) is 43.8 Å². The van der Waals surface area contributed by atoms with Gasteiger partial charge in [0.05, 0.1) is 5.69 Å². The molecule has 3 aromatic rings. The van der Waals surface area contributed by atoms with Crippen molar-refractivity contribution in [2.24, 2.45) is 5.73 Å². The Labute approximate surface area is 172 Å². The number of nitrogens with zero attached hydrogens (tertiary/aromatic N) is 5. The van der Waals surface area contributed by atoms with Crippen molar-refractivity contribution < 1.29 is 9.59 Å². The second-order valence-corrected chi connectivity index (χ2v) is 8.30. The van der Waals surface area contributed by atoms with Gasteiger partial charge in [-0.2, -0.15) is 4.80 Å². The smallest absolute Gasteiger partial charge is 0.250 e. The highest BCUT2D eigenvalue weighted by Crippen LogP contribution is 2.37. The van der Waals surface area contributed by atoms with Gasteiger partial charge in [-0.05, 0) is 35.9 Å². The fourth-order valence-electron chi connectivity index (χ4n) is 3.16. The van der Waals surface area contributed by atoms with Crippen LogP contribution in [0.4, 0.5) is 5.69 Å². The van der Waals surface area contributed by atoms with Crippen molar-refractivity contribution in [3.8, 4) is 11.4 Å². The van der Waals surface area contributed by atoms with E-state index in [4.69, 9.17) is 5.73 Å². The van der Waals surface area contributed by atoms with Crippen LogP contribution in [-0.2, 0) is 11.3 Å². The molecule has 0 saturated carbocycles. The fraction of sp³-hybridized carbons (Fsp3) is 0.250. The first-order valence-corrected chi connectivity index (χ1v) is 10.1. The van der Waals surface area contributed by atoms with Gasteiger partial charge in [0.2, 0.25) is 11.7 Å². The van der Waals surface area contributed by atoms with Crippen LogP contribution in [0.2, 0.25) is 0 Å². The van der Waals surface area contributed by atoms with Crippen LogP contribution in [0.5, 0.6) is 0 Å². The molecular formula is C20H20N6O2S. The molecule has 1 aliphatic rings. The van der Waals surface area contributed by atoms with Gasteiger partial charge in [-0.15, -0.1) is 22.0 Å². The first-order valence-electron chi connectivity index (χ1n) is 9.25. The predicted octanol–water partition coefficient (Wildman–Crippen LogP) is 2.36. The van der Waals surface area contributed by atoms with Gasteiger partial charge in [0.1, 0.15) is 6.54 Å². The average molecular weight is 408 g/mol. The maximum Gasteiger partial charge on any atom is 0.250 e. The molecule has 2 heterocycles. The molecule has 9 heteroatoms. The number of carbonyl (C=O) groups is 2. The van der Waals surface area contributed by atoms with Crippen molar-refractivity contribution in [3.63, 3.8) is 0 Å². The summed E-state index contributed by atoms with van der Waals surface area (Å²) >= 11 is 1.79. The molecule has 2 N–H and O–H groups in total. The summed E-state index contributed by atoms with van der Waals surface area (Å²) in [6.45, 7) is 2.82. The van der Waals surface area contributed by atoms with Crippen molar-refractivity contribution in [2.45, 2.75) is 30.0 Å². The summed E-state index contributed by atoms with van der Waals surface area (Å²) in [5, 5.41) is 12.8. The van der Waals surface area contributed by atoms with Crippen LogP contribution in [0, 0.1) is 0 Å². The summed E-state index contributed by atoms with van der Waals surface area (Å²) < 4.78 is 0. The quantitative estimate of drug-likeness (QED) is 0.710. The molecule has 2 amide bonds. The Kier molecular flexibility index (Phi) is 5.30. The predicted molar refractivity (Wildman–Crippen MR) is 111 cm³/mol. The zero-order valence-electron chi connectivity index (χ0n) is 15.9. The summed E-state index contributed by atoms with van der Waals surface area (Å²) in [5.74, 6) is -0.196. The Balaban J connectivity index is 1.51. The Bertz CT molecular complexity index is 1050. The first-order chi connectivity index (χ1) is 14.0. The lowest BCUT2D eigenvalue weighted by Gasteiger charge is -2.22. The van der Waals surface area contributed by atoms with Crippen molar-refractivity contribution >= 4 is 29.3 Å². The van der Waals surface area contributed by atoms with E-state index in [0.717, 1.165) is 17.0 Å². The van der Waals surface area contributed by atoms with Crippen molar-refractivity contribution in [1.29, 1.82) is 0 Å². The number of aromatic nitrogens is 4. The van der Waals surface area contributed by atoms with Crippen LogP contribution in [0.1, 0.15) is 23.7 Å². The highest BCUT2D eigenvalue weighted by molar-refractivity contribution is 8.00. The zero-order valence-corrected chi connectivity index (χ0v) is 16.7. The monoisotopic (exact) mass is 408 g/mol. The van der Waals surface area contributed by atoms with E-state index in [9.17, 15) is 9.59 Å². The van der Waals surface area contributed by atoms with Crippen molar-refractivity contribution in [2.75, 3.05) is 11.4 Å². The van der Waals surface area contributed by atoms with Crippen molar-refractivity contribution in [1.82, 2.24) is 20.2 Å². The average Bonchev–Trinajstić information content (AvgIpc) is 3.10. The first kappa shape index (κ1) is 19.1. The highest BCUT2D eigenvalue weighted by atomic mass is 32.2. The molecule has 0 aliphatic carbocycles. The topological polar surface area (TPSA) is 107 Å². The summed E-state index contributed by atoms with van der Waals surface area (Å²) in [6, 6.07) is 14.6. The van der Waals surface area contributed by atoms with E-state index < -0.39 is 5.91 Å². The van der Waals surface area contributed by atoms with Crippen LogP contribution >= 0.6 is 11.8 Å². The third-order valence-corrected chi connectivity index (χ3v) is 5.94. The number of thioether (sulfide) groups is 1. The van der Waals surface area contributed by atoms with Gasteiger partial charge >= 0.3 is 0 Å². The summed E-state index contributed by atoms with van der Waals surface area (Å²) in [6.07, 6.45) is 0.910. The Morgan fingerprint density at radius 1 is 1.17 bits per heavy atom. The van der Waals surface area contributed by atoms with E-state index in [1.807, 2.05) is 24.3 Å². The maximum atomic E-state index is 13.0. The number of nitrogens with two attached hydrogens (primary N) is 1. The normalized spacial score (nSPS) is 16.2.